The largest absolute Gasteiger partial charge is 0.135 e. The smallest absolute Gasteiger partial charge is 0.0361 e. The average Bonchev–Trinajstić information content (AvgIpc) is 1.69. The zero-order valence-electron chi connectivity index (χ0n) is 49.9. The fourth-order valence-electron chi connectivity index (χ4n) is 15.8. The van der Waals surface area contributed by atoms with Crippen LogP contribution in [0.2, 0.25) is 0 Å². The summed E-state index contributed by atoms with van der Waals surface area (Å²) in [5.74, 6) is 0. The van der Waals surface area contributed by atoms with E-state index in [0.717, 1.165) is 0 Å². The zero-order chi connectivity index (χ0) is 58.2. The first-order valence-corrected chi connectivity index (χ1v) is 32.2. The third-order valence-electron chi connectivity index (χ3n) is 20.6. The molecule has 0 spiro atoms. The second-order valence-electron chi connectivity index (χ2n) is 26.8. The highest BCUT2D eigenvalue weighted by atomic mass is 32.1. The zero-order valence-corrected chi connectivity index (χ0v) is 51.5. The van der Waals surface area contributed by atoms with Crippen LogP contribution in [0.1, 0.15) is 99.9 Å². The number of rotatable bonds is 4. The first-order valence-electron chi connectivity index (χ1n) is 30.5. The van der Waals surface area contributed by atoms with Crippen LogP contribution in [0.25, 0.3) is 129 Å². The molecule has 0 saturated heterocycles. The average molecular weight is 1140 g/mol. The van der Waals surface area contributed by atoms with E-state index >= 15 is 0 Å². The summed E-state index contributed by atoms with van der Waals surface area (Å²) in [5.41, 5.74) is 32.7. The quantitative estimate of drug-likeness (QED) is 0.165. The maximum absolute atomic E-state index is 2.43. The van der Waals surface area contributed by atoms with Crippen LogP contribution in [0.15, 0.2) is 243 Å². The Hall–Kier alpha value is -8.92. The minimum atomic E-state index is 0.00180. The van der Waals surface area contributed by atoms with Crippen molar-refractivity contribution in [3.05, 3.63) is 287 Å². The lowest BCUT2D eigenvalue weighted by Gasteiger charge is -2.22. The van der Waals surface area contributed by atoms with Crippen LogP contribution >= 0.6 is 22.7 Å². The van der Waals surface area contributed by atoms with Crippen molar-refractivity contribution in [1.29, 1.82) is 0 Å². The molecule has 2 heteroatoms. The van der Waals surface area contributed by atoms with Gasteiger partial charge in [-0.2, -0.15) is 0 Å². The summed E-state index contributed by atoms with van der Waals surface area (Å²) in [6.45, 7) is 18.9. The SMILES string of the molecule is CC1(C)c2ccccc2-c2ccc(-c3ccc4c(c3)sc3cc(-c5ccc6c(c5)C(C)(C)c5ccccc5-6)ccc34)cc21.CC1(C)c2ccccc2-c2ccc(-c3ccc4sc5ccc(-c6ccc7c(c6)C(C)(C)c6ccccc6-7)cc5c4c3)cc21. The summed E-state index contributed by atoms with van der Waals surface area (Å²) >= 11 is 3.80. The van der Waals surface area contributed by atoms with Gasteiger partial charge in [-0.3, -0.25) is 0 Å². The molecule has 2 heterocycles. The second kappa shape index (κ2) is 18.3. The van der Waals surface area contributed by atoms with Crippen molar-refractivity contribution in [1.82, 2.24) is 0 Å². The lowest BCUT2D eigenvalue weighted by Crippen LogP contribution is -2.14. The molecule has 86 heavy (non-hydrogen) atoms. The Morgan fingerprint density at radius 3 is 0.733 bits per heavy atom. The molecular formula is C84H64S2. The summed E-state index contributed by atoms with van der Waals surface area (Å²) in [7, 11) is 0. The van der Waals surface area contributed by atoms with Crippen LogP contribution in [0.3, 0.4) is 0 Å². The van der Waals surface area contributed by atoms with Crippen LogP contribution in [0.4, 0.5) is 0 Å². The number of hydrogen-bond donors (Lipinski definition) is 0. The van der Waals surface area contributed by atoms with Gasteiger partial charge in [-0.25, -0.2) is 0 Å². The lowest BCUT2D eigenvalue weighted by molar-refractivity contribution is 0.660. The van der Waals surface area contributed by atoms with Gasteiger partial charge in [0.25, 0.3) is 0 Å². The Kier molecular flexibility index (Phi) is 11.0. The van der Waals surface area contributed by atoms with Crippen LogP contribution in [-0.4, -0.2) is 0 Å². The first-order chi connectivity index (χ1) is 41.6. The second-order valence-corrected chi connectivity index (χ2v) is 28.9. The van der Waals surface area contributed by atoms with Crippen molar-refractivity contribution in [2.45, 2.75) is 77.0 Å². The van der Waals surface area contributed by atoms with Crippen LogP contribution in [-0.2, 0) is 21.7 Å². The molecule has 4 aliphatic rings. The molecule has 0 nitrogen and oxygen atoms in total. The molecule has 4 aliphatic carbocycles. The summed E-state index contributed by atoms with van der Waals surface area (Å²) in [5, 5.41) is 5.37. The van der Waals surface area contributed by atoms with E-state index in [0.29, 0.717) is 0 Å². The van der Waals surface area contributed by atoms with E-state index in [9.17, 15) is 0 Å². The Labute approximate surface area is 512 Å². The highest BCUT2D eigenvalue weighted by Gasteiger charge is 2.39. The molecule has 412 valence electrons. The maximum Gasteiger partial charge on any atom is 0.0361 e. The van der Waals surface area contributed by atoms with Crippen molar-refractivity contribution >= 4 is 63.0 Å². The Balaban J connectivity index is 0.000000134. The van der Waals surface area contributed by atoms with Gasteiger partial charge in [0.2, 0.25) is 0 Å². The van der Waals surface area contributed by atoms with Gasteiger partial charge in [-0.1, -0.05) is 237 Å². The fraction of sp³-hybridized carbons (Fsp3) is 0.143. The maximum atomic E-state index is 2.43. The summed E-state index contributed by atoms with van der Waals surface area (Å²) in [4.78, 5) is 0. The van der Waals surface area contributed by atoms with E-state index in [1.807, 2.05) is 22.7 Å². The molecule has 14 aromatic rings. The van der Waals surface area contributed by atoms with Crippen LogP contribution in [0.5, 0.6) is 0 Å². The molecule has 0 bridgehead atoms. The van der Waals surface area contributed by atoms with Gasteiger partial charge in [0.15, 0.2) is 0 Å². The Morgan fingerprint density at radius 1 is 0.186 bits per heavy atom. The molecule has 0 aliphatic heterocycles. The third kappa shape index (κ3) is 7.46. The minimum absolute atomic E-state index is 0.00180. The molecule has 0 atom stereocenters. The van der Waals surface area contributed by atoms with Gasteiger partial charge in [0.05, 0.1) is 0 Å². The molecule has 2 aromatic heterocycles. The van der Waals surface area contributed by atoms with Gasteiger partial charge >= 0.3 is 0 Å². The van der Waals surface area contributed by atoms with E-state index in [4.69, 9.17) is 0 Å². The summed E-state index contributed by atoms with van der Waals surface area (Å²) in [6, 6.07) is 91.9. The molecule has 0 radical (unpaired) electrons. The van der Waals surface area contributed by atoms with E-state index in [1.165, 1.54) is 174 Å². The van der Waals surface area contributed by atoms with E-state index < -0.39 is 0 Å². The Morgan fingerprint density at radius 2 is 0.419 bits per heavy atom. The van der Waals surface area contributed by atoms with E-state index in [1.54, 1.807) is 0 Å². The monoisotopic (exact) mass is 1140 g/mol. The summed E-state index contributed by atoms with van der Waals surface area (Å²) < 4.78 is 5.38. The van der Waals surface area contributed by atoms with E-state index in [-0.39, 0.29) is 21.7 Å². The first kappa shape index (κ1) is 51.5. The predicted molar refractivity (Wildman–Crippen MR) is 371 cm³/mol. The van der Waals surface area contributed by atoms with Gasteiger partial charge in [-0.05, 0) is 194 Å². The van der Waals surface area contributed by atoms with Gasteiger partial charge < -0.3 is 0 Å². The van der Waals surface area contributed by atoms with Gasteiger partial charge in [-0.15, -0.1) is 22.7 Å². The number of fused-ring (bicyclic) bond motifs is 18. The fourth-order valence-corrected chi connectivity index (χ4v) is 18.1. The molecular weight excluding hydrogens is 1070 g/mol. The van der Waals surface area contributed by atoms with Crippen LogP contribution < -0.4 is 0 Å². The number of hydrogen-bond acceptors (Lipinski definition) is 2. The highest BCUT2D eigenvalue weighted by Crippen LogP contribution is 2.54. The minimum Gasteiger partial charge on any atom is -0.135 e. The van der Waals surface area contributed by atoms with Crippen molar-refractivity contribution < 1.29 is 0 Å². The van der Waals surface area contributed by atoms with Crippen LogP contribution in [0, 0.1) is 0 Å². The number of benzene rings is 12. The standard InChI is InChI=1S/2C42H32S/c1-41(2)35-11-7-5-9-29(35)31-17-13-27(23-37(31)41)25-15-19-39-33(21-25)34-22-26(16-20-40(34)43-39)28-14-18-32-30-10-6-8-12-36(30)42(3,4)38(32)24-28;1-41(2)35-11-7-5-9-29(35)31-17-13-25(21-37(31)41)27-15-19-33-34-20-16-28(24-40(34)43-39(33)23-27)26-14-18-32-30-10-6-8-12-36(30)42(3,4)38(32)22-26/h2*5-24H,1-4H3. The van der Waals surface area contributed by atoms with Gasteiger partial charge in [0, 0.05) is 62.0 Å². The number of thiophene rings is 2. The molecule has 18 rings (SSSR count). The topological polar surface area (TPSA) is 0 Å². The molecule has 0 fully saturated rings. The lowest BCUT2D eigenvalue weighted by atomic mass is 9.81. The van der Waals surface area contributed by atoms with Crippen molar-refractivity contribution in [2.75, 3.05) is 0 Å². The molecule has 0 amide bonds. The van der Waals surface area contributed by atoms with Crippen molar-refractivity contribution in [3.63, 3.8) is 0 Å². The van der Waals surface area contributed by atoms with Gasteiger partial charge in [0.1, 0.15) is 0 Å². The normalized spacial score (nSPS) is 15.3. The molecule has 0 unspecified atom stereocenters. The third-order valence-corrected chi connectivity index (χ3v) is 22.9. The highest BCUT2D eigenvalue weighted by molar-refractivity contribution is 7.26. The van der Waals surface area contributed by atoms with Crippen molar-refractivity contribution in [3.8, 4) is 89.0 Å². The molecule has 0 N–H and O–H groups in total. The van der Waals surface area contributed by atoms with E-state index in [2.05, 4.69) is 298 Å². The summed E-state index contributed by atoms with van der Waals surface area (Å²) in [6.07, 6.45) is 0. The van der Waals surface area contributed by atoms with Crippen molar-refractivity contribution in [2.24, 2.45) is 0 Å². The molecule has 0 saturated carbocycles. The predicted octanol–water partition coefficient (Wildman–Crippen LogP) is 24.0. The molecule has 12 aromatic carbocycles. The Bertz CT molecular complexity index is 4920.